The van der Waals surface area contributed by atoms with Crippen LogP contribution < -0.4 is 30.4 Å². The lowest BCUT2D eigenvalue weighted by atomic mass is 10.0. The molecule has 1 saturated heterocycles. The van der Waals surface area contributed by atoms with Crippen LogP contribution in [-0.4, -0.2) is 65.0 Å². The standard InChI is InChI=1S/C46H47N5O6/c1-55-35-24-25-37-40(26-35)48-39(31-16-8-5-9-17-31)28-42(37)56-36-27-41-43(52)49-46(45(54)50-57-34-21-13-7-14-22-34)29-32(46)18-10-3-2-4-15-23-38(44(53)51(41)30-36)47-33-19-11-6-12-20-33/h5-14,16-22,24-26,28,32,36,38,41,47H,2-4,15,23,27,29-30H2,1H3,(H,49,52)(H,50,54)/b18-10-/t32-,36+,38-,41-,46+/m0/s1. The van der Waals surface area contributed by atoms with Gasteiger partial charge in [-0.25, -0.2) is 4.98 Å². The van der Waals surface area contributed by atoms with Crippen molar-refractivity contribution in [2.75, 3.05) is 19.0 Å². The predicted molar refractivity (Wildman–Crippen MR) is 219 cm³/mol. The van der Waals surface area contributed by atoms with Gasteiger partial charge in [0.05, 0.1) is 24.9 Å². The zero-order chi connectivity index (χ0) is 39.2. The highest BCUT2D eigenvalue weighted by Gasteiger charge is 2.61. The van der Waals surface area contributed by atoms with E-state index in [0.717, 1.165) is 48.0 Å². The molecule has 1 aromatic heterocycles. The fraction of sp³-hybridized carbons (Fsp3) is 0.304. The number of hydrogen-bond donors (Lipinski definition) is 3. The van der Waals surface area contributed by atoms with Crippen molar-refractivity contribution in [3.05, 3.63) is 127 Å². The van der Waals surface area contributed by atoms with Gasteiger partial charge in [0, 0.05) is 41.1 Å². The molecule has 57 heavy (non-hydrogen) atoms. The Kier molecular flexibility index (Phi) is 11.1. The molecule has 11 nitrogen and oxygen atoms in total. The molecule has 3 heterocycles. The Balaban J connectivity index is 1.12. The second-order valence-corrected chi connectivity index (χ2v) is 15.0. The number of allylic oxidation sites excluding steroid dienone is 1. The fourth-order valence-electron chi connectivity index (χ4n) is 7.92. The normalized spacial score (nSPS) is 24.1. The van der Waals surface area contributed by atoms with Crippen LogP contribution in [0.3, 0.4) is 0 Å². The number of ether oxygens (including phenoxy) is 2. The molecule has 292 valence electrons. The summed E-state index contributed by atoms with van der Waals surface area (Å²) >= 11 is 0. The third-order valence-corrected chi connectivity index (χ3v) is 11.1. The molecule has 2 fully saturated rings. The molecule has 0 unspecified atom stereocenters. The number of nitrogens with one attached hydrogen (secondary N) is 3. The van der Waals surface area contributed by atoms with Crippen LogP contribution in [-0.2, 0) is 14.4 Å². The first-order chi connectivity index (χ1) is 27.9. The molecule has 4 aromatic carbocycles. The Hall–Kier alpha value is -6.36. The van der Waals surface area contributed by atoms with E-state index in [0.29, 0.717) is 35.6 Å². The minimum absolute atomic E-state index is 0.171. The summed E-state index contributed by atoms with van der Waals surface area (Å²) in [6.45, 7) is 0.171. The largest absolute Gasteiger partial charge is 0.497 e. The molecule has 8 rings (SSSR count). The van der Waals surface area contributed by atoms with E-state index in [9.17, 15) is 14.4 Å². The topological polar surface area (TPSA) is 131 Å². The van der Waals surface area contributed by atoms with Gasteiger partial charge in [-0.15, -0.1) is 0 Å². The Morgan fingerprint density at radius 3 is 2.40 bits per heavy atom. The van der Waals surface area contributed by atoms with Crippen LogP contribution in [0.4, 0.5) is 5.69 Å². The number of hydroxylamine groups is 1. The van der Waals surface area contributed by atoms with Gasteiger partial charge in [0.1, 0.15) is 35.2 Å². The summed E-state index contributed by atoms with van der Waals surface area (Å²) in [7, 11) is 1.62. The fourth-order valence-corrected chi connectivity index (χ4v) is 7.92. The average molecular weight is 766 g/mol. The molecule has 11 heteroatoms. The number of nitrogens with zero attached hydrogens (tertiary/aromatic N) is 2. The zero-order valence-corrected chi connectivity index (χ0v) is 31.9. The number of benzene rings is 4. The minimum Gasteiger partial charge on any atom is -0.497 e. The maximum atomic E-state index is 14.8. The van der Waals surface area contributed by atoms with E-state index in [1.54, 1.807) is 24.1 Å². The van der Waals surface area contributed by atoms with Crippen LogP contribution in [0.5, 0.6) is 17.2 Å². The molecule has 3 aliphatic rings. The smallest absolute Gasteiger partial charge is 0.278 e. The SMILES string of the molecule is COc1ccc2c(O[C@@H]3C[C@H]4C(=O)N[C@]5(C(=O)NOc6ccccc6)C[C@@H]5/C=C\CCCCC[C@H](Nc5ccccc5)C(=O)N4C3)cc(-c3ccccc3)nc2c1. The average Bonchev–Trinajstić information content (AvgIpc) is 3.78. The summed E-state index contributed by atoms with van der Waals surface area (Å²) in [6, 6.07) is 34.6. The van der Waals surface area contributed by atoms with Crippen LogP contribution in [0.25, 0.3) is 22.2 Å². The van der Waals surface area contributed by atoms with Crippen LogP contribution in [0, 0.1) is 5.92 Å². The monoisotopic (exact) mass is 765 g/mol. The minimum atomic E-state index is -1.23. The lowest BCUT2D eigenvalue weighted by molar-refractivity contribution is -0.141. The maximum absolute atomic E-state index is 14.8. The molecule has 2 aliphatic heterocycles. The molecule has 1 aliphatic carbocycles. The molecule has 5 aromatic rings. The van der Waals surface area contributed by atoms with Gasteiger partial charge < -0.3 is 29.8 Å². The van der Waals surface area contributed by atoms with E-state index in [1.807, 2.05) is 109 Å². The van der Waals surface area contributed by atoms with Crippen LogP contribution in [0.1, 0.15) is 44.9 Å². The van der Waals surface area contributed by atoms with Gasteiger partial charge in [-0.1, -0.05) is 91.7 Å². The first-order valence-electron chi connectivity index (χ1n) is 19.7. The first kappa shape index (κ1) is 37.6. The molecule has 3 N–H and O–H groups in total. The van der Waals surface area contributed by atoms with Gasteiger partial charge in [0.25, 0.3) is 5.91 Å². The van der Waals surface area contributed by atoms with E-state index in [-0.39, 0.29) is 24.8 Å². The third-order valence-electron chi connectivity index (χ3n) is 11.1. The number of methoxy groups -OCH3 is 1. The second-order valence-electron chi connectivity index (χ2n) is 15.0. The van der Waals surface area contributed by atoms with Crippen molar-refractivity contribution in [1.82, 2.24) is 20.7 Å². The second kappa shape index (κ2) is 16.8. The number of hydrogen-bond acceptors (Lipinski definition) is 8. The Labute approximate surface area is 332 Å². The maximum Gasteiger partial charge on any atom is 0.278 e. The number of amides is 3. The van der Waals surface area contributed by atoms with Gasteiger partial charge in [-0.3, -0.25) is 14.4 Å². The van der Waals surface area contributed by atoms with Crippen LogP contribution in [0.15, 0.2) is 127 Å². The third kappa shape index (κ3) is 8.42. The first-order valence-corrected chi connectivity index (χ1v) is 19.7. The molecular weight excluding hydrogens is 719 g/mol. The molecule has 3 amide bonds. The van der Waals surface area contributed by atoms with Crippen molar-refractivity contribution in [3.8, 4) is 28.5 Å². The molecule has 0 radical (unpaired) electrons. The van der Waals surface area contributed by atoms with E-state index in [4.69, 9.17) is 19.3 Å². The number of pyridine rings is 1. The highest BCUT2D eigenvalue weighted by atomic mass is 16.7. The molecule has 5 atom stereocenters. The van der Waals surface area contributed by atoms with Crippen molar-refractivity contribution in [2.24, 2.45) is 5.92 Å². The molecular formula is C46H47N5O6. The summed E-state index contributed by atoms with van der Waals surface area (Å²) in [6.07, 6.45) is 8.34. The number of anilines is 1. The van der Waals surface area contributed by atoms with Crippen LogP contribution in [0.2, 0.25) is 0 Å². The number of rotatable bonds is 9. The summed E-state index contributed by atoms with van der Waals surface area (Å²) in [5.41, 5.74) is 4.51. The van der Waals surface area contributed by atoms with Gasteiger partial charge >= 0.3 is 0 Å². The number of carbonyl (C=O) groups excluding carboxylic acids is 3. The van der Waals surface area contributed by atoms with Crippen LogP contribution >= 0.6 is 0 Å². The Morgan fingerprint density at radius 2 is 1.63 bits per heavy atom. The van der Waals surface area contributed by atoms with E-state index in [2.05, 4.69) is 22.2 Å². The van der Waals surface area contributed by atoms with Gasteiger partial charge in [-0.2, -0.15) is 5.48 Å². The van der Waals surface area contributed by atoms with Gasteiger partial charge in [0.2, 0.25) is 11.8 Å². The van der Waals surface area contributed by atoms with E-state index < -0.39 is 35.5 Å². The van der Waals surface area contributed by atoms with Gasteiger partial charge in [0.15, 0.2) is 5.75 Å². The van der Waals surface area contributed by atoms with Crippen molar-refractivity contribution in [3.63, 3.8) is 0 Å². The lowest BCUT2D eigenvalue weighted by Crippen LogP contribution is -2.57. The van der Waals surface area contributed by atoms with Crippen molar-refractivity contribution in [1.29, 1.82) is 0 Å². The van der Waals surface area contributed by atoms with Crippen molar-refractivity contribution in [2.45, 2.75) is 68.7 Å². The highest BCUT2D eigenvalue weighted by Crippen LogP contribution is 2.46. The lowest BCUT2D eigenvalue weighted by Gasteiger charge is -2.30. The number of para-hydroxylation sites is 2. The molecule has 1 saturated carbocycles. The van der Waals surface area contributed by atoms with E-state index in [1.165, 1.54) is 0 Å². The number of fused-ring (bicyclic) bond motifs is 3. The molecule has 0 spiro atoms. The van der Waals surface area contributed by atoms with Crippen molar-refractivity contribution < 1.29 is 28.7 Å². The predicted octanol–water partition coefficient (Wildman–Crippen LogP) is 7.24. The summed E-state index contributed by atoms with van der Waals surface area (Å²) in [5.74, 6) is 0.444. The Bertz CT molecular complexity index is 2240. The summed E-state index contributed by atoms with van der Waals surface area (Å²) in [4.78, 5) is 55.6. The molecule has 0 bridgehead atoms. The summed E-state index contributed by atoms with van der Waals surface area (Å²) in [5, 5.41) is 7.36. The van der Waals surface area contributed by atoms with Crippen molar-refractivity contribution >= 4 is 34.3 Å². The summed E-state index contributed by atoms with van der Waals surface area (Å²) < 4.78 is 12.4. The Morgan fingerprint density at radius 1 is 0.877 bits per heavy atom. The zero-order valence-electron chi connectivity index (χ0n) is 31.9. The number of aromatic nitrogens is 1. The number of carbonyl (C=O) groups is 3. The highest BCUT2D eigenvalue weighted by molar-refractivity contribution is 5.98. The van der Waals surface area contributed by atoms with Gasteiger partial charge in [-0.05, 0) is 62.1 Å². The quantitative estimate of drug-likeness (QED) is 0.106. The van der Waals surface area contributed by atoms with E-state index >= 15 is 0 Å².